The van der Waals surface area contributed by atoms with Crippen molar-refractivity contribution in [1.29, 1.82) is 0 Å². The highest BCUT2D eigenvalue weighted by molar-refractivity contribution is 6.34. The molecule has 0 fully saturated rings. The van der Waals surface area contributed by atoms with Crippen molar-refractivity contribution < 1.29 is 4.74 Å². The van der Waals surface area contributed by atoms with Crippen molar-refractivity contribution >= 4 is 23.2 Å². The van der Waals surface area contributed by atoms with Crippen molar-refractivity contribution in [3.8, 4) is 11.5 Å². The highest BCUT2D eigenvalue weighted by Crippen LogP contribution is 2.31. The van der Waals surface area contributed by atoms with Crippen molar-refractivity contribution in [1.82, 2.24) is 0 Å². The summed E-state index contributed by atoms with van der Waals surface area (Å²) in [4.78, 5) is 0. The van der Waals surface area contributed by atoms with Crippen LogP contribution in [0.2, 0.25) is 10.0 Å². The van der Waals surface area contributed by atoms with E-state index in [1.54, 1.807) is 18.2 Å². The number of rotatable bonds is 3. The molecule has 0 aliphatic rings. The summed E-state index contributed by atoms with van der Waals surface area (Å²) < 4.78 is 5.78. The van der Waals surface area contributed by atoms with Crippen molar-refractivity contribution in [2.45, 2.75) is 13.0 Å². The summed E-state index contributed by atoms with van der Waals surface area (Å²) in [5, 5.41) is 1.08. The quantitative estimate of drug-likeness (QED) is 0.877. The van der Waals surface area contributed by atoms with Crippen LogP contribution in [0.1, 0.15) is 18.5 Å². The molecule has 0 aromatic heterocycles. The van der Waals surface area contributed by atoms with E-state index in [4.69, 9.17) is 33.7 Å². The first-order valence-electron chi connectivity index (χ1n) is 5.54. The van der Waals surface area contributed by atoms with Crippen molar-refractivity contribution in [2.24, 2.45) is 5.73 Å². The summed E-state index contributed by atoms with van der Waals surface area (Å²) in [7, 11) is 0. The Morgan fingerprint density at radius 1 is 1.06 bits per heavy atom. The molecule has 0 saturated heterocycles. The molecule has 0 bridgehead atoms. The Balaban J connectivity index is 2.34. The number of ether oxygens (including phenoxy) is 1. The Bertz CT molecular complexity index is 535. The number of hydrogen-bond donors (Lipinski definition) is 1. The summed E-state index contributed by atoms with van der Waals surface area (Å²) in [6, 6.07) is 12.6. The van der Waals surface area contributed by atoms with Crippen molar-refractivity contribution in [3.05, 3.63) is 58.1 Å². The van der Waals surface area contributed by atoms with E-state index in [1.165, 1.54) is 0 Å². The SMILES string of the molecule is C[C@@H](N)c1ccccc1Oc1cc(Cl)cc(Cl)c1. The van der Waals surface area contributed by atoms with E-state index in [9.17, 15) is 0 Å². The number of benzene rings is 2. The fourth-order valence-corrected chi connectivity index (χ4v) is 2.17. The van der Waals surface area contributed by atoms with Crippen LogP contribution in [0.3, 0.4) is 0 Å². The lowest BCUT2D eigenvalue weighted by Gasteiger charge is -2.13. The second-order valence-electron chi connectivity index (χ2n) is 4.03. The molecule has 0 radical (unpaired) electrons. The molecule has 0 unspecified atom stereocenters. The van der Waals surface area contributed by atoms with E-state index >= 15 is 0 Å². The van der Waals surface area contributed by atoms with E-state index in [-0.39, 0.29) is 6.04 Å². The maximum Gasteiger partial charge on any atom is 0.132 e. The molecule has 0 aliphatic heterocycles. The highest BCUT2D eigenvalue weighted by Gasteiger charge is 2.08. The first-order valence-corrected chi connectivity index (χ1v) is 6.30. The van der Waals surface area contributed by atoms with E-state index in [1.807, 2.05) is 31.2 Å². The van der Waals surface area contributed by atoms with Crippen LogP contribution in [0.4, 0.5) is 0 Å². The molecule has 1 atom stereocenters. The smallest absolute Gasteiger partial charge is 0.132 e. The summed E-state index contributed by atoms with van der Waals surface area (Å²) in [5.74, 6) is 1.31. The Labute approximate surface area is 116 Å². The van der Waals surface area contributed by atoms with Gasteiger partial charge in [0, 0.05) is 21.7 Å². The van der Waals surface area contributed by atoms with Crippen LogP contribution in [0.15, 0.2) is 42.5 Å². The molecule has 2 nitrogen and oxygen atoms in total. The largest absolute Gasteiger partial charge is 0.457 e. The number of hydrogen-bond acceptors (Lipinski definition) is 2. The molecule has 0 heterocycles. The van der Waals surface area contributed by atoms with Gasteiger partial charge in [-0.05, 0) is 31.2 Å². The van der Waals surface area contributed by atoms with Gasteiger partial charge in [-0.25, -0.2) is 0 Å². The predicted octanol–water partition coefficient (Wildman–Crippen LogP) is 4.81. The predicted molar refractivity (Wildman–Crippen MR) is 75.6 cm³/mol. The summed E-state index contributed by atoms with van der Waals surface area (Å²) in [6.07, 6.45) is 0. The van der Waals surface area contributed by atoms with Gasteiger partial charge in [-0.1, -0.05) is 41.4 Å². The molecule has 2 aromatic rings. The van der Waals surface area contributed by atoms with Gasteiger partial charge in [-0.15, -0.1) is 0 Å². The summed E-state index contributed by atoms with van der Waals surface area (Å²) >= 11 is 11.9. The topological polar surface area (TPSA) is 35.2 Å². The molecule has 94 valence electrons. The second kappa shape index (κ2) is 5.61. The Morgan fingerprint density at radius 3 is 2.28 bits per heavy atom. The summed E-state index contributed by atoms with van der Waals surface area (Å²) in [5.41, 5.74) is 6.83. The highest BCUT2D eigenvalue weighted by atomic mass is 35.5. The fourth-order valence-electron chi connectivity index (χ4n) is 1.66. The third kappa shape index (κ3) is 3.16. The third-order valence-corrected chi connectivity index (χ3v) is 2.91. The number of halogens is 2. The lowest BCUT2D eigenvalue weighted by atomic mass is 10.1. The van der Waals surface area contributed by atoms with Gasteiger partial charge in [0.25, 0.3) is 0 Å². The molecule has 0 amide bonds. The van der Waals surface area contributed by atoms with Gasteiger partial charge in [0.2, 0.25) is 0 Å². The molecule has 4 heteroatoms. The van der Waals surface area contributed by atoms with E-state index in [0.29, 0.717) is 21.5 Å². The normalized spacial score (nSPS) is 12.2. The third-order valence-electron chi connectivity index (χ3n) is 2.47. The molecule has 0 spiro atoms. The maximum atomic E-state index is 5.93. The van der Waals surface area contributed by atoms with Crippen molar-refractivity contribution in [2.75, 3.05) is 0 Å². The minimum Gasteiger partial charge on any atom is -0.457 e. The van der Waals surface area contributed by atoms with Crippen LogP contribution < -0.4 is 10.5 Å². The van der Waals surface area contributed by atoms with Gasteiger partial charge in [0.05, 0.1) is 0 Å². The zero-order valence-corrected chi connectivity index (χ0v) is 11.4. The van der Waals surface area contributed by atoms with Crippen LogP contribution in [0.5, 0.6) is 11.5 Å². The zero-order valence-electron chi connectivity index (χ0n) is 9.86. The van der Waals surface area contributed by atoms with E-state index in [0.717, 1.165) is 5.56 Å². The molecule has 0 saturated carbocycles. The standard InChI is InChI=1S/C14H13Cl2NO/c1-9(17)13-4-2-3-5-14(13)18-12-7-10(15)6-11(16)8-12/h2-9H,17H2,1H3/t9-/m1/s1. The van der Waals surface area contributed by atoms with Gasteiger partial charge in [0.15, 0.2) is 0 Å². The average Bonchev–Trinajstić information content (AvgIpc) is 2.27. The first kappa shape index (κ1) is 13.2. The number of nitrogens with two attached hydrogens (primary N) is 1. The minimum atomic E-state index is -0.101. The van der Waals surface area contributed by atoms with Crippen molar-refractivity contribution in [3.63, 3.8) is 0 Å². The molecule has 2 N–H and O–H groups in total. The van der Waals surface area contributed by atoms with Gasteiger partial charge in [-0.3, -0.25) is 0 Å². The van der Waals surface area contributed by atoms with Crippen LogP contribution >= 0.6 is 23.2 Å². The Morgan fingerprint density at radius 2 is 1.67 bits per heavy atom. The van der Waals surface area contributed by atoms with Gasteiger partial charge < -0.3 is 10.5 Å². The number of para-hydroxylation sites is 1. The van der Waals surface area contributed by atoms with Crippen LogP contribution in [0.25, 0.3) is 0 Å². The lowest BCUT2D eigenvalue weighted by molar-refractivity contribution is 0.472. The second-order valence-corrected chi connectivity index (χ2v) is 4.91. The summed E-state index contributed by atoms with van der Waals surface area (Å²) in [6.45, 7) is 1.91. The molecular weight excluding hydrogens is 269 g/mol. The van der Waals surface area contributed by atoms with Gasteiger partial charge >= 0.3 is 0 Å². The van der Waals surface area contributed by atoms with Gasteiger partial charge in [-0.2, -0.15) is 0 Å². The van der Waals surface area contributed by atoms with Crippen LogP contribution in [0, 0.1) is 0 Å². The average molecular weight is 282 g/mol. The molecule has 2 aromatic carbocycles. The van der Waals surface area contributed by atoms with Crippen LogP contribution in [-0.4, -0.2) is 0 Å². The molecule has 18 heavy (non-hydrogen) atoms. The Hall–Kier alpha value is -1.22. The first-order chi connectivity index (χ1) is 8.56. The maximum absolute atomic E-state index is 5.93. The minimum absolute atomic E-state index is 0.101. The molecule has 0 aliphatic carbocycles. The fraction of sp³-hybridized carbons (Fsp3) is 0.143. The molecule has 2 rings (SSSR count). The van der Waals surface area contributed by atoms with E-state index in [2.05, 4.69) is 0 Å². The zero-order chi connectivity index (χ0) is 13.1. The van der Waals surface area contributed by atoms with E-state index < -0.39 is 0 Å². The van der Waals surface area contributed by atoms with Crippen LogP contribution in [-0.2, 0) is 0 Å². The Kier molecular flexibility index (Phi) is 4.12. The lowest BCUT2D eigenvalue weighted by Crippen LogP contribution is -2.06. The monoisotopic (exact) mass is 281 g/mol. The van der Waals surface area contributed by atoms with Gasteiger partial charge in [0.1, 0.15) is 11.5 Å². The molecular formula is C14H13Cl2NO.